The molecule has 2 aromatic rings. The number of carbonyl (C=O) groups excluding carboxylic acids is 1. The molecule has 1 aliphatic heterocycles. The van der Waals surface area contributed by atoms with E-state index in [-0.39, 0.29) is 11.8 Å². The minimum Gasteiger partial charge on any atom is -0.337 e. The standard InChI is InChI=1S/C18H22N6O/c1-12(2)24-11-20-22-17(24)15-5-4-8-23(10-15)18(25)16-7-6-14(9-19)13(3)21-16/h6-7,11-12,15H,4-5,8,10H2,1-3H3. The molecule has 25 heavy (non-hydrogen) atoms. The van der Waals surface area contributed by atoms with E-state index in [1.54, 1.807) is 25.4 Å². The Bertz CT molecular complexity index is 819. The van der Waals surface area contributed by atoms with E-state index < -0.39 is 0 Å². The number of pyridine rings is 1. The summed E-state index contributed by atoms with van der Waals surface area (Å²) in [6.45, 7) is 7.28. The topological polar surface area (TPSA) is 87.7 Å². The summed E-state index contributed by atoms with van der Waals surface area (Å²) in [5.74, 6) is 1.03. The Morgan fingerprint density at radius 3 is 2.88 bits per heavy atom. The Hall–Kier alpha value is -2.75. The average Bonchev–Trinajstić information content (AvgIpc) is 3.11. The van der Waals surface area contributed by atoms with Gasteiger partial charge in [-0.3, -0.25) is 4.79 Å². The van der Waals surface area contributed by atoms with E-state index in [4.69, 9.17) is 5.26 Å². The van der Waals surface area contributed by atoms with E-state index in [0.29, 0.717) is 36.1 Å². The number of carbonyl (C=O) groups is 1. The molecule has 0 saturated carbocycles. The van der Waals surface area contributed by atoms with Gasteiger partial charge in [0.05, 0.1) is 11.3 Å². The second kappa shape index (κ2) is 7.01. The molecule has 1 atom stereocenters. The molecule has 2 aromatic heterocycles. The van der Waals surface area contributed by atoms with Gasteiger partial charge in [-0.2, -0.15) is 5.26 Å². The van der Waals surface area contributed by atoms with Gasteiger partial charge in [-0.05, 0) is 45.7 Å². The summed E-state index contributed by atoms with van der Waals surface area (Å²) < 4.78 is 2.07. The van der Waals surface area contributed by atoms with Crippen molar-refractivity contribution in [3.8, 4) is 6.07 Å². The zero-order valence-corrected chi connectivity index (χ0v) is 14.8. The minimum atomic E-state index is -0.0899. The molecular formula is C18H22N6O. The molecule has 0 aliphatic carbocycles. The molecule has 0 spiro atoms. The summed E-state index contributed by atoms with van der Waals surface area (Å²) in [6, 6.07) is 5.66. The fourth-order valence-corrected chi connectivity index (χ4v) is 3.27. The number of likely N-dealkylation sites (tertiary alicyclic amines) is 1. The summed E-state index contributed by atoms with van der Waals surface area (Å²) >= 11 is 0. The van der Waals surface area contributed by atoms with Crippen molar-refractivity contribution in [2.45, 2.75) is 45.6 Å². The highest BCUT2D eigenvalue weighted by molar-refractivity contribution is 5.92. The Balaban J connectivity index is 1.79. The van der Waals surface area contributed by atoms with Crippen LogP contribution in [0.2, 0.25) is 0 Å². The van der Waals surface area contributed by atoms with Crippen LogP contribution in [0, 0.1) is 18.3 Å². The van der Waals surface area contributed by atoms with Crippen LogP contribution in [0.1, 0.15) is 66.2 Å². The first-order valence-electron chi connectivity index (χ1n) is 8.57. The number of aryl methyl sites for hydroxylation is 1. The third kappa shape index (κ3) is 3.38. The van der Waals surface area contributed by atoms with Gasteiger partial charge < -0.3 is 9.47 Å². The van der Waals surface area contributed by atoms with Crippen LogP contribution < -0.4 is 0 Å². The quantitative estimate of drug-likeness (QED) is 0.858. The lowest BCUT2D eigenvalue weighted by atomic mass is 9.96. The molecule has 1 amide bonds. The van der Waals surface area contributed by atoms with Gasteiger partial charge in [0.1, 0.15) is 23.9 Å². The zero-order chi connectivity index (χ0) is 18.0. The fourth-order valence-electron chi connectivity index (χ4n) is 3.27. The van der Waals surface area contributed by atoms with Gasteiger partial charge in [0.15, 0.2) is 0 Å². The number of rotatable bonds is 3. The summed E-state index contributed by atoms with van der Waals surface area (Å²) in [5, 5.41) is 17.3. The van der Waals surface area contributed by atoms with E-state index in [1.165, 1.54) is 0 Å². The Kier molecular flexibility index (Phi) is 4.79. The van der Waals surface area contributed by atoms with Crippen LogP contribution in [0.15, 0.2) is 18.5 Å². The predicted octanol–water partition coefficient (Wildman–Crippen LogP) is 2.45. The molecular weight excluding hydrogens is 316 g/mol. The van der Waals surface area contributed by atoms with Gasteiger partial charge >= 0.3 is 0 Å². The normalized spacial score (nSPS) is 17.6. The second-order valence-corrected chi connectivity index (χ2v) is 6.72. The lowest BCUT2D eigenvalue weighted by Crippen LogP contribution is -2.40. The SMILES string of the molecule is Cc1nc(C(=O)N2CCCC(c3nncn3C(C)C)C2)ccc1C#N. The van der Waals surface area contributed by atoms with Gasteiger partial charge in [0.25, 0.3) is 5.91 Å². The molecule has 130 valence electrons. The largest absolute Gasteiger partial charge is 0.337 e. The molecule has 7 nitrogen and oxygen atoms in total. The lowest BCUT2D eigenvalue weighted by Gasteiger charge is -2.32. The Morgan fingerprint density at radius 2 is 2.20 bits per heavy atom. The van der Waals surface area contributed by atoms with Crippen LogP contribution in [0.5, 0.6) is 0 Å². The van der Waals surface area contributed by atoms with Gasteiger partial charge in [-0.25, -0.2) is 4.98 Å². The minimum absolute atomic E-state index is 0.0899. The van der Waals surface area contributed by atoms with Crippen molar-refractivity contribution in [1.29, 1.82) is 5.26 Å². The summed E-state index contributed by atoms with van der Waals surface area (Å²) in [7, 11) is 0. The maximum absolute atomic E-state index is 12.8. The van der Waals surface area contributed by atoms with Crippen LogP contribution in [0.25, 0.3) is 0 Å². The molecule has 1 fully saturated rings. The number of amides is 1. The molecule has 0 N–H and O–H groups in total. The molecule has 7 heteroatoms. The maximum atomic E-state index is 12.8. The van der Waals surface area contributed by atoms with E-state index in [1.807, 2.05) is 4.90 Å². The average molecular weight is 338 g/mol. The number of piperidine rings is 1. The Labute approximate surface area is 147 Å². The summed E-state index contributed by atoms with van der Waals surface area (Å²) in [4.78, 5) is 19.0. The second-order valence-electron chi connectivity index (χ2n) is 6.72. The number of aromatic nitrogens is 4. The molecule has 3 heterocycles. The molecule has 0 bridgehead atoms. The van der Waals surface area contributed by atoms with Crippen LogP contribution in [-0.4, -0.2) is 43.6 Å². The van der Waals surface area contributed by atoms with Crippen molar-refractivity contribution in [3.63, 3.8) is 0 Å². The smallest absolute Gasteiger partial charge is 0.272 e. The predicted molar refractivity (Wildman–Crippen MR) is 92.0 cm³/mol. The maximum Gasteiger partial charge on any atom is 0.272 e. The van der Waals surface area contributed by atoms with Gasteiger partial charge in [0, 0.05) is 25.0 Å². The lowest BCUT2D eigenvalue weighted by molar-refractivity contribution is 0.0696. The fraction of sp³-hybridized carbons (Fsp3) is 0.500. The van der Waals surface area contributed by atoms with E-state index in [0.717, 1.165) is 18.7 Å². The number of nitrogens with zero attached hydrogens (tertiary/aromatic N) is 6. The molecule has 1 saturated heterocycles. The zero-order valence-electron chi connectivity index (χ0n) is 14.8. The summed E-state index contributed by atoms with van der Waals surface area (Å²) in [5.41, 5.74) is 1.47. The van der Waals surface area contributed by atoms with E-state index in [2.05, 4.69) is 39.7 Å². The first-order chi connectivity index (χ1) is 12.0. The summed E-state index contributed by atoms with van der Waals surface area (Å²) in [6.07, 6.45) is 3.68. The third-order valence-corrected chi connectivity index (χ3v) is 4.66. The van der Waals surface area contributed by atoms with Gasteiger partial charge in [-0.15, -0.1) is 10.2 Å². The van der Waals surface area contributed by atoms with Crippen molar-refractivity contribution in [3.05, 3.63) is 41.2 Å². The van der Waals surface area contributed by atoms with Crippen molar-refractivity contribution in [2.24, 2.45) is 0 Å². The van der Waals surface area contributed by atoms with E-state index in [9.17, 15) is 4.79 Å². The van der Waals surface area contributed by atoms with Gasteiger partial charge in [-0.1, -0.05) is 0 Å². The van der Waals surface area contributed by atoms with Gasteiger partial charge in [0.2, 0.25) is 0 Å². The van der Waals surface area contributed by atoms with E-state index >= 15 is 0 Å². The number of hydrogen-bond donors (Lipinski definition) is 0. The monoisotopic (exact) mass is 338 g/mol. The number of nitriles is 1. The van der Waals surface area contributed by atoms with Crippen molar-refractivity contribution < 1.29 is 4.79 Å². The van der Waals surface area contributed by atoms with Crippen LogP contribution in [0.3, 0.4) is 0 Å². The molecule has 3 rings (SSSR count). The molecule has 0 radical (unpaired) electrons. The Morgan fingerprint density at radius 1 is 1.40 bits per heavy atom. The highest BCUT2D eigenvalue weighted by Crippen LogP contribution is 2.27. The number of hydrogen-bond acceptors (Lipinski definition) is 5. The highest BCUT2D eigenvalue weighted by atomic mass is 16.2. The first-order valence-corrected chi connectivity index (χ1v) is 8.57. The highest BCUT2D eigenvalue weighted by Gasteiger charge is 2.29. The third-order valence-electron chi connectivity index (χ3n) is 4.66. The molecule has 1 aliphatic rings. The van der Waals surface area contributed by atoms with Crippen LogP contribution in [0.4, 0.5) is 0 Å². The molecule has 1 unspecified atom stereocenters. The van der Waals surface area contributed by atoms with Crippen molar-refractivity contribution in [2.75, 3.05) is 13.1 Å². The molecule has 0 aromatic carbocycles. The van der Waals surface area contributed by atoms with Crippen molar-refractivity contribution in [1.82, 2.24) is 24.6 Å². The van der Waals surface area contributed by atoms with Crippen LogP contribution in [-0.2, 0) is 0 Å². The van der Waals surface area contributed by atoms with Crippen LogP contribution >= 0.6 is 0 Å². The van der Waals surface area contributed by atoms with Crippen molar-refractivity contribution >= 4 is 5.91 Å². The first kappa shape index (κ1) is 17.1.